The molecule has 1 saturated heterocycles. The molecule has 6 heteroatoms. The molecule has 3 N–H and O–H groups in total. The minimum Gasteiger partial charge on any atom is -0.386 e. The van der Waals surface area contributed by atoms with Crippen molar-refractivity contribution in [1.29, 1.82) is 0 Å². The summed E-state index contributed by atoms with van der Waals surface area (Å²) >= 11 is 1.86. The number of nitrogens with zero attached hydrogens (tertiary/aromatic N) is 2. The number of piperazine rings is 1. The summed E-state index contributed by atoms with van der Waals surface area (Å²) in [5, 5.41) is 12.6. The van der Waals surface area contributed by atoms with Crippen LogP contribution in [0.2, 0.25) is 0 Å². The van der Waals surface area contributed by atoms with Gasteiger partial charge in [0, 0.05) is 48.9 Å². The maximum Gasteiger partial charge on any atom is 0.248 e. The molecule has 0 spiro atoms. The van der Waals surface area contributed by atoms with Crippen LogP contribution in [0.5, 0.6) is 0 Å². The summed E-state index contributed by atoms with van der Waals surface area (Å²) in [7, 11) is 0. The van der Waals surface area contributed by atoms with E-state index in [1.807, 2.05) is 61.6 Å². The van der Waals surface area contributed by atoms with Crippen LogP contribution in [0.3, 0.4) is 0 Å². The average molecular weight is 544 g/mol. The van der Waals surface area contributed by atoms with Gasteiger partial charge in [0.15, 0.2) is 0 Å². The van der Waals surface area contributed by atoms with E-state index in [1.165, 1.54) is 22.4 Å². The highest BCUT2D eigenvalue weighted by Gasteiger charge is 2.30. The monoisotopic (exact) mass is 543 g/mol. The van der Waals surface area contributed by atoms with Gasteiger partial charge in [0.25, 0.3) is 0 Å². The number of amides is 1. The molecule has 0 atom stereocenters. The smallest absolute Gasteiger partial charge is 0.248 e. The Morgan fingerprint density at radius 2 is 1.67 bits per heavy atom. The number of benzene rings is 2. The molecule has 3 aromatic rings. The van der Waals surface area contributed by atoms with Crippen molar-refractivity contribution in [3.63, 3.8) is 0 Å². The van der Waals surface area contributed by atoms with Gasteiger partial charge in [-0.3, -0.25) is 9.69 Å². The Morgan fingerprint density at radius 3 is 2.28 bits per heavy atom. The molecule has 0 saturated carbocycles. The van der Waals surface area contributed by atoms with Gasteiger partial charge in [0.1, 0.15) is 0 Å². The van der Waals surface area contributed by atoms with E-state index in [-0.39, 0.29) is 5.91 Å². The van der Waals surface area contributed by atoms with Crippen molar-refractivity contribution in [3.8, 4) is 11.1 Å². The van der Waals surface area contributed by atoms with Crippen LogP contribution in [0.15, 0.2) is 65.6 Å². The summed E-state index contributed by atoms with van der Waals surface area (Å²) < 4.78 is 0. The summed E-state index contributed by atoms with van der Waals surface area (Å²) in [6.45, 7) is 13.5. The number of nitrogens with two attached hydrogens (primary N) is 1. The predicted molar refractivity (Wildman–Crippen MR) is 163 cm³/mol. The van der Waals surface area contributed by atoms with Gasteiger partial charge in [-0.15, -0.1) is 11.3 Å². The van der Waals surface area contributed by atoms with Crippen molar-refractivity contribution < 1.29 is 9.90 Å². The Bertz CT molecular complexity index is 1340. The normalized spacial score (nSPS) is 18.4. The Kier molecular flexibility index (Phi) is 7.73. The number of rotatable bonds is 7. The van der Waals surface area contributed by atoms with Gasteiger partial charge in [-0.1, -0.05) is 43.7 Å². The standard InChI is InChI=1S/C33H41N3O2S/c1-32(2)14-13-25(21-35-15-17-36(18-16-35)28-11-7-24(8-12-28)31(34)37)29(20-32)30-19-26(22-39-30)23-5-9-27(10-6-23)33(3,4)38/h5-12,19,22,38H,13-18,20-21H2,1-4H3,(H2,34,37). The number of hydrogen-bond donors (Lipinski definition) is 2. The summed E-state index contributed by atoms with van der Waals surface area (Å²) in [6.07, 6.45) is 3.51. The number of primary amides is 1. The minimum absolute atomic E-state index is 0.313. The second kappa shape index (κ2) is 10.9. The molecular formula is C33H41N3O2S. The Hall–Kier alpha value is -2.93. The molecule has 206 valence electrons. The van der Waals surface area contributed by atoms with Gasteiger partial charge < -0.3 is 15.7 Å². The SMILES string of the molecule is CC1(C)CCC(CN2CCN(c3ccc(C(N)=O)cc3)CC2)=C(c2cc(-c3ccc(C(C)(C)O)cc3)cs2)C1. The molecule has 2 aliphatic rings. The molecule has 1 fully saturated rings. The molecule has 5 nitrogen and oxygen atoms in total. The molecule has 1 aliphatic carbocycles. The lowest BCUT2D eigenvalue weighted by atomic mass is 9.73. The van der Waals surface area contributed by atoms with Crippen molar-refractivity contribution in [2.45, 2.75) is 52.6 Å². The molecule has 2 aromatic carbocycles. The van der Waals surface area contributed by atoms with Crippen LogP contribution in [-0.4, -0.2) is 48.6 Å². The van der Waals surface area contributed by atoms with Crippen LogP contribution in [0.25, 0.3) is 16.7 Å². The number of aliphatic hydroxyl groups is 1. The van der Waals surface area contributed by atoms with Crippen LogP contribution < -0.4 is 10.6 Å². The van der Waals surface area contributed by atoms with Crippen molar-refractivity contribution >= 4 is 28.5 Å². The highest BCUT2D eigenvalue weighted by atomic mass is 32.1. The van der Waals surface area contributed by atoms with E-state index in [0.29, 0.717) is 11.0 Å². The van der Waals surface area contributed by atoms with E-state index in [9.17, 15) is 9.90 Å². The zero-order valence-corrected chi connectivity index (χ0v) is 24.5. The quantitative estimate of drug-likeness (QED) is 0.356. The largest absolute Gasteiger partial charge is 0.386 e. The van der Waals surface area contributed by atoms with Crippen LogP contribution in [0.4, 0.5) is 5.69 Å². The third-order valence-electron chi connectivity index (χ3n) is 8.31. The highest BCUT2D eigenvalue weighted by molar-refractivity contribution is 7.11. The van der Waals surface area contributed by atoms with Gasteiger partial charge in [0.05, 0.1) is 5.60 Å². The zero-order valence-electron chi connectivity index (χ0n) is 23.7. The van der Waals surface area contributed by atoms with Gasteiger partial charge in [-0.2, -0.15) is 0 Å². The van der Waals surface area contributed by atoms with E-state index < -0.39 is 5.60 Å². The van der Waals surface area contributed by atoms with Crippen LogP contribution in [0.1, 0.15) is 67.8 Å². The van der Waals surface area contributed by atoms with Gasteiger partial charge in [-0.05, 0) is 96.5 Å². The number of carbonyl (C=O) groups excluding carboxylic acids is 1. The first-order valence-corrected chi connectivity index (χ1v) is 14.9. The minimum atomic E-state index is -0.827. The van der Waals surface area contributed by atoms with E-state index >= 15 is 0 Å². The molecule has 0 unspecified atom stereocenters. The fourth-order valence-electron chi connectivity index (χ4n) is 5.75. The molecule has 39 heavy (non-hydrogen) atoms. The second-order valence-corrected chi connectivity index (χ2v) is 13.3. The molecule has 1 aromatic heterocycles. The van der Waals surface area contributed by atoms with Crippen LogP contribution >= 0.6 is 11.3 Å². The Morgan fingerprint density at radius 1 is 1.00 bits per heavy atom. The first-order valence-electron chi connectivity index (χ1n) is 14.0. The molecule has 0 bridgehead atoms. The fraction of sp³-hybridized carbons (Fsp3) is 0.424. The number of anilines is 1. The lowest BCUT2D eigenvalue weighted by molar-refractivity contribution is 0.0786. The number of hydrogen-bond acceptors (Lipinski definition) is 5. The van der Waals surface area contributed by atoms with Crippen molar-refractivity contribution in [1.82, 2.24) is 4.90 Å². The summed E-state index contributed by atoms with van der Waals surface area (Å²) in [6, 6.07) is 18.3. The van der Waals surface area contributed by atoms with Crippen molar-refractivity contribution in [3.05, 3.63) is 81.6 Å². The first-order chi connectivity index (χ1) is 18.5. The number of carbonyl (C=O) groups is 1. The Labute approximate surface area is 237 Å². The van der Waals surface area contributed by atoms with Crippen molar-refractivity contribution in [2.75, 3.05) is 37.6 Å². The summed E-state index contributed by atoms with van der Waals surface area (Å²) in [4.78, 5) is 17.8. The first kappa shape index (κ1) is 27.6. The van der Waals surface area contributed by atoms with Crippen LogP contribution in [0, 0.1) is 5.41 Å². The molecular weight excluding hydrogens is 502 g/mol. The topological polar surface area (TPSA) is 69.8 Å². The van der Waals surface area contributed by atoms with Crippen LogP contribution in [-0.2, 0) is 5.60 Å². The summed E-state index contributed by atoms with van der Waals surface area (Å²) in [5.74, 6) is -0.382. The lowest BCUT2D eigenvalue weighted by Gasteiger charge is -2.39. The zero-order chi connectivity index (χ0) is 27.8. The molecule has 0 radical (unpaired) electrons. The maximum absolute atomic E-state index is 11.4. The van der Waals surface area contributed by atoms with E-state index in [4.69, 9.17) is 5.73 Å². The van der Waals surface area contributed by atoms with Gasteiger partial charge in [-0.25, -0.2) is 0 Å². The molecule has 1 aliphatic heterocycles. The average Bonchev–Trinajstić information content (AvgIpc) is 3.40. The van der Waals surface area contributed by atoms with E-state index in [1.54, 1.807) is 11.1 Å². The molecule has 2 heterocycles. The number of thiophene rings is 1. The second-order valence-electron chi connectivity index (χ2n) is 12.4. The Balaban J connectivity index is 1.30. The third-order valence-corrected chi connectivity index (χ3v) is 9.30. The van der Waals surface area contributed by atoms with E-state index in [0.717, 1.165) is 56.8 Å². The lowest BCUT2D eigenvalue weighted by Crippen LogP contribution is -2.47. The molecule has 1 amide bonds. The van der Waals surface area contributed by atoms with Crippen molar-refractivity contribution in [2.24, 2.45) is 11.1 Å². The maximum atomic E-state index is 11.4. The van der Waals surface area contributed by atoms with Gasteiger partial charge in [0.2, 0.25) is 5.91 Å². The van der Waals surface area contributed by atoms with E-state index in [2.05, 4.69) is 47.2 Å². The highest BCUT2D eigenvalue weighted by Crippen LogP contribution is 2.45. The number of allylic oxidation sites excluding steroid dienone is 1. The predicted octanol–water partition coefficient (Wildman–Crippen LogP) is 6.53. The summed E-state index contributed by atoms with van der Waals surface area (Å²) in [5.41, 5.74) is 13.1. The van der Waals surface area contributed by atoms with Gasteiger partial charge >= 0.3 is 0 Å². The molecule has 5 rings (SSSR count). The third kappa shape index (κ3) is 6.46. The fourth-order valence-corrected chi connectivity index (χ4v) is 6.77.